The van der Waals surface area contributed by atoms with Gasteiger partial charge in [0.15, 0.2) is 0 Å². The predicted octanol–water partition coefficient (Wildman–Crippen LogP) is 2.67. The third-order valence-electron chi connectivity index (χ3n) is 4.54. The number of ether oxygens (including phenoxy) is 1. The fourth-order valence-electron chi connectivity index (χ4n) is 3.17. The van der Waals surface area contributed by atoms with Crippen LogP contribution < -0.4 is 9.64 Å². The topological polar surface area (TPSA) is 50.6 Å². The molecule has 7 heteroatoms. The molecule has 0 unspecified atom stereocenters. The fraction of sp³-hybridized carbons (Fsp3) is 0.444. The lowest BCUT2D eigenvalue weighted by Gasteiger charge is -2.41. The maximum absolute atomic E-state index is 12.5. The molecule has 1 atom stereocenters. The van der Waals surface area contributed by atoms with Crippen molar-refractivity contribution in [3.63, 3.8) is 0 Å². The molecule has 1 aliphatic heterocycles. The largest absolute Gasteiger partial charge is 0.497 e. The molecule has 1 aliphatic rings. The molecule has 0 saturated carbocycles. The predicted molar refractivity (Wildman–Crippen MR) is 98.2 cm³/mol. The van der Waals surface area contributed by atoms with E-state index in [1.54, 1.807) is 24.2 Å². The number of methoxy groups -OCH3 is 1. The van der Waals surface area contributed by atoms with Gasteiger partial charge >= 0.3 is 0 Å². The molecule has 0 bridgehead atoms. The van der Waals surface area contributed by atoms with Gasteiger partial charge in [0.1, 0.15) is 5.75 Å². The normalized spacial score (nSPS) is 17.6. The van der Waals surface area contributed by atoms with E-state index in [1.807, 2.05) is 17.0 Å². The number of halogens is 1. The number of nitrogens with zero attached hydrogens (tertiary/aromatic N) is 4. The quantitative estimate of drug-likeness (QED) is 0.820. The van der Waals surface area contributed by atoms with Gasteiger partial charge in [-0.1, -0.05) is 11.6 Å². The van der Waals surface area contributed by atoms with Gasteiger partial charge in [-0.15, -0.1) is 0 Å². The van der Waals surface area contributed by atoms with Crippen LogP contribution in [-0.2, 0) is 11.3 Å². The van der Waals surface area contributed by atoms with E-state index in [0.29, 0.717) is 18.0 Å². The molecule has 1 aromatic heterocycles. The number of benzene rings is 1. The molecule has 3 rings (SSSR count). The van der Waals surface area contributed by atoms with Crippen LogP contribution in [-0.4, -0.2) is 53.4 Å². The number of amides is 1. The number of rotatable bonds is 5. The summed E-state index contributed by atoms with van der Waals surface area (Å²) in [5, 5.41) is 4.70. The Labute approximate surface area is 152 Å². The Bertz CT molecular complexity index is 716. The zero-order valence-electron chi connectivity index (χ0n) is 14.6. The van der Waals surface area contributed by atoms with Crippen molar-refractivity contribution in [3.8, 4) is 5.75 Å². The highest BCUT2D eigenvalue weighted by Gasteiger charge is 2.27. The molecule has 25 heavy (non-hydrogen) atoms. The molecular formula is C18H23ClN4O2. The van der Waals surface area contributed by atoms with Crippen LogP contribution in [0, 0.1) is 0 Å². The highest BCUT2D eigenvalue weighted by atomic mass is 35.5. The van der Waals surface area contributed by atoms with Crippen molar-refractivity contribution in [2.24, 2.45) is 0 Å². The van der Waals surface area contributed by atoms with Crippen LogP contribution in [0.25, 0.3) is 0 Å². The summed E-state index contributed by atoms with van der Waals surface area (Å²) in [6.45, 7) is 5.03. The van der Waals surface area contributed by atoms with Gasteiger partial charge in [-0.3, -0.25) is 9.48 Å². The number of hydrogen-bond donors (Lipinski definition) is 0. The molecule has 1 amide bonds. The smallest absolute Gasteiger partial charge is 0.224 e. The number of anilines is 1. The molecule has 1 saturated heterocycles. The standard InChI is InChI=1S/C18H23ClN4O2/c1-14-12-21(16-3-5-17(25-2)6-4-16)9-10-23(14)18(24)7-8-22-13-15(19)11-20-22/h3-6,11,13-14H,7-10,12H2,1-2H3/t14-/m1/s1. The Morgan fingerprint density at radius 1 is 1.32 bits per heavy atom. The van der Waals surface area contributed by atoms with Crippen LogP contribution in [0.5, 0.6) is 5.75 Å². The Hall–Kier alpha value is -2.21. The molecule has 0 aliphatic carbocycles. The summed E-state index contributed by atoms with van der Waals surface area (Å²) >= 11 is 5.85. The summed E-state index contributed by atoms with van der Waals surface area (Å²) in [5.74, 6) is 1.01. The van der Waals surface area contributed by atoms with Crippen molar-refractivity contribution in [3.05, 3.63) is 41.7 Å². The summed E-state index contributed by atoms with van der Waals surface area (Å²) in [6.07, 6.45) is 3.76. The van der Waals surface area contributed by atoms with Gasteiger partial charge < -0.3 is 14.5 Å². The van der Waals surface area contributed by atoms with E-state index in [2.05, 4.69) is 29.1 Å². The summed E-state index contributed by atoms with van der Waals surface area (Å²) in [6, 6.07) is 8.22. The van der Waals surface area contributed by atoms with Gasteiger partial charge in [0.05, 0.1) is 18.3 Å². The second kappa shape index (κ2) is 7.78. The van der Waals surface area contributed by atoms with E-state index < -0.39 is 0 Å². The van der Waals surface area contributed by atoms with Crippen molar-refractivity contribution in [1.82, 2.24) is 14.7 Å². The first-order valence-electron chi connectivity index (χ1n) is 8.43. The van der Waals surface area contributed by atoms with Crippen LogP contribution in [0.3, 0.4) is 0 Å². The van der Waals surface area contributed by atoms with Crippen LogP contribution in [0.1, 0.15) is 13.3 Å². The molecule has 134 valence electrons. The maximum Gasteiger partial charge on any atom is 0.224 e. The fourth-order valence-corrected chi connectivity index (χ4v) is 3.33. The van der Waals surface area contributed by atoms with Crippen molar-refractivity contribution < 1.29 is 9.53 Å². The van der Waals surface area contributed by atoms with Crippen molar-refractivity contribution in [2.75, 3.05) is 31.6 Å². The van der Waals surface area contributed by atoms with Gasteiger partial charge in [-0.25, -0.2) is 0 Å². The number of piperazine rings is 1. The lowest BCUT2D eigenvalue weighted by molar-refractivity contribution is -0.133. The van der Waals surface area contributed by atoms with Crippen LogP contribution in [0.15, 0.2) is 36.7 Å². The summed E-state index contributed by atoms with van der Waals surface area (Å²) < 4.78 is 6.91. The Morgan fingerprint density at radius 2 is 2.08 bits per heavy atom. The Kier molecular flexibility index (Phi) is 5.48. The minimum atomic E-state index is 0.161. The van der Waals surface area contributed by atoms with E-state index in [9.17, 15) is 4.79 Å². The molecule has 2 heterocycles. The van der Waals surface area contributed by atoms with E-state index >= 15 is 0 Å². The van der Waals surface area contributed by atoms with Crippen molar-refractivity contribution >= 4 is 23.2 Å². The summed E-state index contributed by atoms with van der Waals surface area (Å²) in [7, 11) is 1.67. The maximum atomic E-state index is 12.5. The number of carbonyl (C=O) groups excluding carboxylic acids is 1. The van der Waals surface area contributed by atoms with Gasteiger partial charge in [0.2, 0.25) is 5.91 Å². The molecule has 1 fully saturated rings. The SMILES string of the molecule is COc1ccc(N2CCN(C(=O)CCn3cc(Cl)cn3)[C@H](C)C2)cc1. The van der Waals surface area contributed by atoms with Gasteiger partial charge in [0, 0.05) is 50.5 Å². The second-order valence-electron chi connectivity index (χ2n) is 6.25. The molecule has 1 aromatic carbocycles. The van der Waals surface area contributed by atoms with Crippen LogP contribution in [0.4, 0.5) is 5.69 Å². The highest BCUT2D eigenvalue weighted by Crippen LogP contribution is 2.22. The molecule has 0 spiro atoms. The van der Waals surface area contributed by atoms with Gasteiger partial charge in [0.25, 0.3) is 0 Å². The first-order chi connectivity index (χ1) is 12.1. The Morgan fingerprint density at radius 3 is 2.68 bits per heavy atom. The van der Waals surface area contributed by atoms with Crippen LogP contribution in [0.2, 0.25) is 5.02 Å². The molecule has 6 nitrogen and oxygen atoms in total. The number of carbonyl (C=O) groups is 1. The zero-order chi connectivity index (χ0) is 17.8. The van der Waals surface area contributed by atoms with Crippen molar-refractivity contribution in [2.45, 2.75) is 25.9 Å². The summed E-state index contributed by atoms with van der Waals surface area (Å²) in [5.41, 5.74) is 1.16. The summed E-state index contributed by atoms with van der Waals surface area (Å²) in [4.78, 5) is 16.8. The third-order valence-corrected chi connectivity index (χ3v) is 4.74. The first kappa shape index (κ1) is 17.6. The minimum absolute atomic E-state index is 0.161. The molecule has 2 aromatic rings. The zero-order valence-corrected chi connectivity index (χ0v) is 15.3. The van der Waals surface area contributed by atoms with Crippen molar-refractivity contribution in [1.29, 1.82) is 0 Å². The number of hydrogen-bond acceptors (Lipinski definition) is 4. The molecular weight excluding hydrogens is 340 g/mol. The van der Waals surface area contributed by atoms with E-state index in [0.717, 1.165) is 31.1 Å². The number of aryl methyl sites for hydroxylation is 1. The van der Waals surface area contributed by atoms with Gasteiger partial charge in [-0.2, -0.15) is 5.10 Å². The molecule has 0 radical (unpaired) electrons. The van der Waals surface area contributed by atoms with Crippen LogP contribution >= 0.6 is 11.6 Å². The van der Waals surface area contributed by atoms with E-state index in [-0.39, 0.29) is 11.9 Å². The first-order valence-corrected chi connectivity index (χ1v) is 8.81. The number of aromatic nitrogens is 2. The lowest BCUT2D eigenvalue weighted by Crippen LogP contribution is -2.54. The second-order valence-corrected chi connectivity index (χ2v) is 6.69. The van der Waals surface area contributed by atoms with Gasteiger partial charge in [-0.05, 0) is 31.2 Å². The highest BCUT2D eigenvalue weighted by molar-refractivity contribution is 6.30. The lowest BCUT2D eigenvalue weighted by atomic mass is 10.1. The minimum Gasteiger partial charge on any atom is -0.497 e. The monoisotopic (exact) mass is 362 g/mol. The average molecular weight is 363 g/mol. The Balaban J connectivity index is 1.54. The average Bonchev–Trinajstić information content (AvgIpc) is 3.05. The molecule has 0 N–H and O–H groups in total. The van der Waals surface area contributed by atoms with E-state index in [1.165, 1.54) is 0 Å². The van der Waals surface area contributed by atoms with E-state index in [4.69, 9.17) is 16.3 Å². The third kappa shape index (κ3) is 4.25.